The smallest absolute Gasteiger partial charge is 0.321 e. The quantitative estimate of drug-likeness (QED) is 0.337. The Morgan fingerprint density at radius 3 is 2.48 bits per heavy atom. The summed E-state index contributed by atoms with van der Waals surface area (Å²) >= 11 is 0. The fourth-order valence-corrected chi connectivity index (χ4v) is 5.34. The number of benzene rings is 2. The van der Waals surface area contributed by atoms with Crippen LogP contribution >= 0.6 is 0 Å². The molecule has 4 amide bonds. The summed E-state index contributed by atoms with van der Waals surface area (Å²) in [5.74, 6) is -0.187. The van der Waals surface area contributed by atoms with Gasteiger partial charge in [0.1, 0.15) is 5.75 Å². The molecule has 0 bridgehead atoms. The molecule has 0 fully saturated rings. The molecule has 11 heteroatoms. The molecule has 0 saturated heterocycles. The van der Waals surface area contributed by atoms with Crippen LogP contribution in [-0.2, 0) is 9.53 Å². The number of carbonyl (C=O) groups is 3. The number of fused-ring (bicyclic) bond motifs is 1. The van der Waals surface area contributed by atoms with Gasteiger partial charge in [0, 0.05) is 50.5 Å². The zero-order valence-electron chi connectivity index (χ0n) is 28.3. The summed E-state index contributed by atoms with van der Waals surface area (Å²) < 4.78 is 12.6. The summed E-state index contributed by atoms with van der Waals surface area (Å²) in [6.45, 7) is 7.42. The van der Waals surface area contributed by atoms with Gasteiger partial charge in [0.05, 0.1) is 30.4 Å². The van der Waals surface area contributed by atoms with Crippen molar-refractivity contribution >= 4 is 29.2 Å². The number of likely N-dealkylation sites (N-methyl/N-ethyl adjacent to an activating group) is 1. The van der Waals surface area contributed by atoms with Crippen LogP contribution in [0.2, 0.25) is 0 Å². The Bertz CT molecular complexity index is 1260. The number of carbonyl (C=O) groups excluding carboxylic acids is 3. The molecular formula is C35H53N5O6. The minimum atomic E-state index is -0.503. The highest BCUT2D eigenvalue weighted by Gasteiger charge is 2.31. The molecule has 0 unspecified atom stereocenters. The number of nitrogens with one attached hydrogen (secondary N) is 2. The zero-order chi connectivity index (χ0) is 33.6. The molecule has 1 heterocycles. The second-order valence-corrected chi connectivity index (χ2v) is 12.6. The van der Waals surface area contributed by atoms with Crippen molar-refractivity contribution in [3.05, 3.63) is 54.1 Å². The molecule has 0 aliphatic carbocycles. The number of rotatable bonds is 10. The lowest BCUT2D eigenvalue weighted by molar-refractivity contribution is -0.116. The van der Waals surface area contributed by atoms with E-state index in [0.29, 0.717) is 42.3 Å². The second kappa shape index (κ2) is 18.5. The Hall–Kier alpha value is -3.67. The summed E-state index contributed by atoms with van der Waals surface area (Å²) in [6, 6.07) is 13.7. The van der Waals surface area contributed by atoms with Gasteiger partial charge in [0.15, 0.2) is 0 Å². The van der Waals surface area contributed by atoms with Crippen molar-refractivity contribution < 1.29 is 29.0 Å². The Kier molecular flexibility index (Phi) is 14.8. The topological polar surface area (TPSA) is 124 Å². The van der Waals surface area contributed by atoms with Gasteiger partial charge in [-0.05, 0) is 90.5 Å². The first-order valence-electron chi connectivity index (χ1n) is 16.3. The number of anilines is 2. The van der Waals surface area contributed by atoms with Gasteiger partial charge >= 0.3 is 6.03 Å². The van der Waals surface area contributed by atoms with Crippen molar-refractivity contribution in [2.24, 2.45) is 5.92 Å². The maximum Gasteiger partial charge on any atom is 0.321 e. The summed E-state index contributed by atoms with van der Waals surface area (Å²) in [7, 11) is 5.66. The molecule has 0 aromatic heterocycles. The number of aliphatic hydroxyl groups is 1. The van der Waals surface area contributed by atoms with Crippen LogP contribution in [0.1, 0.15) is 63.2 Å². The number of nitrogens with zero attached hydrogens (tertiary/aromatic N) is 3. The Labute approximate surface area is 274 Å². The van der Waals surface area contributed by atoms with Crippen LogP contribution in [0.5, 0.6) is 5.75 Å². The Morgan fingerprint density at radius 1 is 1.04 bits per heavy atom. The van der Waals surface area contributed by atoms with E-state index in [1.165, 1.54) is 0 Å². The average Bonchev–Trinajstić information content (AvgIpc) is 3.02. The van der Waals surface area contributed by atoms with Gasteiger partial charge in [-0.3, -0.25) is 9.59 Å². The van der Waals surface area contributed by atoms with Gasteiger partial charge in [0.25, 0.3) is 5.91 Å². The molecule has 11 nitrogen and oxygen atoms in total. The number of hydrogen-bond donors (Lipinski definition) is 3. The first-order valence-corrected chi connectivity index (χ1v) is 16.3. The normalized spacial score (nSPS) is 20.2. The SMILES string of the molecule is C[C@@H]1CN([C@H](C)CO)C(=O)c2cc(NC(=O)CCCN(C)C)ccc2O[C@@H](C)CCCCO[C@H]1CN(C)C(=O)Nc1ccccc1. The highest BCUT2D eigenvalue weighted by molar-refractivity contribution is 5.99. The maximum atomic E-state index is 14.3. The van der Waals surface area contributed by atoms with Crippen LogP contribution in [0.4, 0.5) is 16.2 Å². The predicted molar refractivity (Wildman–Crippen MR) is 181 cm³/mol. The van der Waals surface area contributed by atoms with Crippen molar-refractivity contribution in [3.8, 4) is 5.75 Å². The van der Waals surface area contributed by atoms with Gasteiger partial charge in [-0.2, -0.15) is 0 Å². The average molecular weight is 640 g/mol. The zero-order valence-corrected chi connectivity index (χ0v) is 28.3. The molecular weight excluding hydrogens is 586 g/mol. The standard InChI is InChI=1S/C35H53N5O6/c1-25-22-40(26(2)24-41)34(43)30-21-29(36-33(42)16-12-19-38(4)5)17-18-31(30)46-27(3)13-10-11-20-45-32(25)23-39(6)35(44)37-28-14-8-7-9-15-28/h7-9,14-15,17-18,21,25-27,32,41H,10-13,16,19-20,22-24H2,1-6H3,(H,36,42)(H,37,44)/t25-,26-,27+,32+/m1/s1. The third-order valence-electron chi connectivity index (χ3n) is 8.17. The molecule has 3 N–H and O–H groups in total. The summed E-state index contributed by atoms with van der Waals surface area (Å²) in [4.78, 5) is 45.2. The predicted octanol–water partition coefficient (Wildman–Crippen LogP) is 4.93. The number of aliphatic hydroxyl groups excluding tert-OH is 1. The molecule has 1 aliphatic heterocycles. The van der Waals surface area contributed by atoms with Gasteiger partial charge in [-0.1, -0.05) is 25.1 Å². The monoisotopic (exact) mass is 639 g/mol. The van der Waals surface area contributed by atoms with Crippen LogP contribution in [0.15, 0.2) is 48.5 Å². The Balaban J connectivity index is 1.86. The summed E-state index contributed by atoms with van der Waals surface area (Å²) in [5.41, 5.74) is 1.53. The van der Waals surface area contributed by atoms with Crippen molar-refractivity contribution in [2.75, 3.05) is 64.6 Å². The van der Waals surface area contributed by atoms with E-state index in [4.69, 9.17) is 9.47 Å². The number of ether oxygens (including phenoxy) is 2. The van der Waals surface area contributed by atoms with Crippen molar-refractivity contribution in [1.29, 1.82) is 0 Å². The van der Waals surface area contributed by atoms with Gasteiger partial charge in [-0.25, -0.2) is 4.79 Å². The highest BCUT2D eigenvalue weighted by atomic mass is 16.5. The van der Waals surface area contributed by atoms with Crippen molar-refractivity contribution in [3.63, 3.8) is 0 Å². The van der Waals surface area contributed by atoms with Crippen LogP contribution < -0.4 is 15.4 Å². The van der Waals surface area contributed by atoms with E-state index >= 15 is 0 Å². The largest absolute Gasteiger partial charge is 0.490 e. The van der Waals surface area contributed by atoms with Crippen LogP contribution in [0.25, 0.3) is 0 Å². The van der Waals surface area contributed by atoms with E-state index in [1.54, 1.807) is 42.0 Å². The van der Waals surface area contributed by atoms with Crippen LogP contribution in [-0.4, -0.2) is 110 Å². The molecule has 254 valence electrons. The number of amides is 4. The molecule has 4 atom stereocenters. The first-order chi connectivity index (χ1) is 22.0. The third-order valence-corrected chi connectivity index (χ3v) is 8.17. The van der Waals surface area contributed by atoms with Gasteiger partial charge in [-0.15, -0.1) is 0 Å². The molecule has 2 aromatic rings. The lowest BCUT2D eigenvalue weighted by Crippen LogP contribution is -2.48. The maximum absolute atomic E-state index is 14.3. The van der Waals surface area contributed by atoms with Gasteiger partial charge < -0.3 is 39.9 Å². The minimum absolute atomic E-state index is 0.126. The number of para-hydroxylation sites is 1. The van der Waals surface area contributed by atoms with Gasteiger partial charge in [0.2, 0.25) is 5.91 Å². The van der Waals surface area contributed by atoms with E-state index in [2.05, 4.69) is 10.6 Å². The molecule has 0 radical (unpaired) electrons. The Morgan fingerprint density at radius 2 is 1.78 bits per heavy atom. The number of hydrogen-bond acceptors (Lipinski definition) is 7. The van der Waals surface area contributed by atoms with Crippen molar-refractivity contribution in [2.45, 2.75) is 71.1 Å². The van der Waals surface area contributed by atoms with E-state index < -0.39 is 6.04 Å². The van der Waals surface area contributed by atoms with E-state index in [-0.39, 0.29) is 49.1 Å². The minimum Gasteiger partial charge on any atom is -0.490 e. The van der Waals surface area contributed by atoms with E-state index in [9.17, 15) is 19.5 Å². The molecule has 46 heavy (non-hydrogen) atoms. The number of urea groups is 1. The van der Waals surface area contributed by atoms with Crippen LogP contribution in [0.3, 0.4) is 0 Å². The summed E-state index contributed by atoms with van der Waals surface area (Å²) in [6.07, 6.45) is 3.00. The summed E-state index contributed by atoms with van der Waals surface area (Å²) in [5, 5.41) is 16.0. The lowest BCUT2D eigenvalue weighted by Gasteiger charge is -2.35. The first kappa shape index (κ1) is 36.8. The molecule has 2 aromatic carbocycles. The third kappa shape index (κ3) is 11.6. The molecule has 0 saturated carbocycles. The lowest BCUT2D eigenvalue weighted by atomic mass is 10.0. The van der Waals surface area contributed by atoms with E-state index in [1.807, 2.05) is 63.2 Å². The fraction of sp³-hybridized carbons (Fsp3) is 0.571. The molecule has 0 spiro atoms. The fourth-order valence-electron chi connectivity index (χ4n) is 5.34. The van der Waals surface area contributed by atoms with Crippen molar-refractivity contribution in [1.82, 2.24) is 14.7 Å². The highest BCUT2D eigenvalue weighted by Crippen LogP contribution is 2.28. The van der Waals surface area contributed by atoms with E-state index in [0.717, 1.165) is 32.2 Å². The second-order valence-electron chi connectivity index (χ2n) is 12.6. The van der Waals surface area contributed by atoms with Crippen LogP contribution in [0, 0.1) is 5.92 Å². The molecule has 1 aliphatic rings. The molecule has 3 rings (SSSR count).